The molecule has 6 heteroatoms. The number of carbonyl (C=O) groups is 1. The number of hydrogen-bond acceptors (Lipinski definition) is 4. The molecule has 1 atom stereocenters. The average molecular weight is 363 g/mol. The number of nitrogens with zero attached hydrogens (tertiary/aromatic N) is 4. The first-order chi connectivity index (χ1) is 12.7. The van der Waals surface area contributed by atoms with Crippen molar-refractivity contribution in [3.63, 3.8) is 0 Å². The van der Waals surface area contributed by atoms with Gasteiger partial charge in [-0.15, -0.1) is 0 Å². The average Bonchev–Trinajstić information content (AvgIpc) is 3.06. The minimum absolute atomic E-state index is 0.265. The fourth-order valence-corrected chi connectivity index (χ4v) is 4.62. The Morgan fingerprint density at radius 1 is 1.27 bits per heavy atom. The van der Waals surface area contributed by atoms with E-state index in [2.05, 4.69) is 32.5 Å². The van der Waals surface area contributed by atoms with E-state index in [1.165, 1.54) is 18.7 Å². The van der Waals surface area contributed by atoms with Crippen LogP contribution in [0.5, 0.6) is 0 Å². The standard InChI is InChI=1S/C20H34N4O2/c1-3-10-23-13-9-21-18(23)15-22-11-4-7-20(16-22)8-6-19(25)24(17-20)12-5-14-26-2/h9,13H,3-8,10-12,14-17H2,1-2H3. The van der Waals surface area contributed by atoms with Crippen LogP contribution in [-0.2, 0) is 22.6 Å². The second kappa shape index (κ2) is 9.00. The molecule has 1 unspecified atom stereocenters. The number of aromatic nitrogens is 2. The third-order valence-electron chi connectivity index (χ3n) is 5.90. The van der Waals surface area contributed by atoms with Crippen LogP contribution in [0.2, 0.25) is 0 Å². The summed E-state index contributed by atoms with van der Waals surface area (Å²) in [4.78, 5) is 21.6. The molecule has 2 aliphatic rings. The monoisotopic (exact) mass is 362 g/mol. The molecule has 0 aliphatic carbocycles. The third kappa shape index (κ3) is 4.65. The Kier molecular flexibility index (Phi) is 6.70. The third-order valence-corrected chi connectivity index (χ3v) is 5.90. The van der Waals surface area contributed by atoms with Crippen LogP contribution >= 0.6 is 0 Å². The van der Waals surface area contributed by atoms with Gasteiger partial charge in [0.05, 0.1) is 6.54 Å². The molecular weight excluding hydrogens is 328 g/mol. The zero-order valence-electron chi connectivity index (χ0n) is 16.5. The Labute approximate surface area is 157 Å². The van der Waals surface area contributed by atoms with Crippen LogP contribution < -0.4 is 0 Å². The van der Waals surface area contributed by atoms with Gasteiger partial charge in [-0.05, 0) is 38.6 Å². The molecule has 6 nitrogen and oxygen atoms in total. The van der Waals surface area contributed by atoms with Crippen molar-refractivity contribution in [1.29, 1.82) is 0 Å². The number of aryl methyl sites for hydroxylation is 1. The van der Waals surface area contributed by atoms with Crippen molar-refractivity contribution >= 4 is 5.91 Å². The van der Waals surface area contributed by atoms with Gasteiger partial charge in [-0.1, -0.05) is 6.92 Å². The first-order valence-electron chi connectivity index (χ1n) is 10.1. The summed E-state index contributed by atoms with van der Waals surface area (Å²) in [5.41, 5.74) is 0.265. The smallest absolute Gasteiger partial charge is 0.222 e. The number of piperidine rings is 2. The van der Waals surface area contributed by atoms with Gasteiger partial charge in [0.2, 0.25) is 5.91 Å². The summed E-state index contributed by atoms with van der Waals surface area (Å²) >= 11 is 0. The van der Waals surface area contributed by atoms with Crippen molar-refractivity contribution in [2.75, 3.05) is 39.9 Å². The van der Waals surface area contributed by atoms with E-state index < -0.39 is 0 Å². The number of amides is 1. The second-order valence-electron chi connectivity index (χ2n) is 8.01. The first-order valence-corrected chi connectivity index (χ1v) is 10.1. The lowest BCUT2D eigenvalue weighted by Crippen LogP contribution is -2.54. The van der Waals surface area contributed by atoms with Gasteiger partial charge in [-0.2, -0.15) is 0 Å². The van der Waals surface area contributed by atoms with E-state index in [0.717, 1.165) is 65.1 Å². The lowest BCUT2D eigenvalue weighted by Gasteiger charge is -2.48. The van der Waals surface area contributed by atoms with Gasteiger partial charge in [-0.25, -0.2) is 4.98 Å². The van der Waals surface area contributed by atoms with E-state index in [1.807, 2.05) is 6.20 Å². The molecule has 1 aromatic rings. The molecule has 2 aliphatic heterocycles. The zero-order valence-corrected chi connectivity index (χ0v) is 16.5. The molecule has 0 saturated carbocycles. The maximum atomic E-state index is 12.3. The summed E-state index contributed by atoms with van der Waals surface area (Å²) in [7, 11) is 1.72. The van der Waals surface area contributed by atoms with Crippen LogP contribution in [0, 0.1) is 5.41 Å². The van der Waals surface area contributed by atoms with Crippen LogP contribution in [0.4, 0.5) is 0 Å². The largest absolute Gasteiger partial charge is 0.385 e. The summed E-state index contributed by atoms with van der Waals surface area (Å²) in [6, 6.07) is 0. The first kappa shape index (κ1) is 19.4. The minimum Gasteiger partial charge on any atom is -0.385 e. The van der Waals surface area contributed by atoms with E-state index in [4.69, 9.17) is 4.74 Å². The highest BCUT2D eigenvalue weighted by Crippen LogP contribution is 2.39. The molecule has 146 valence electrons. The minimum atomic E-state index is 0.265. The van der Waals surface area contributed by atoms with Gasteiger partial charge < -0.3 is 14.2 Å². The second-order valence-corrected chi connectivity index (χ2v) is 8.01. The highest BCUT2D eigenvalue weighted by Gasteiger charge is 2.41. The molecule has 3 heterocycles. The number of imidazole rings is 1. The molecule has 0 bridgehead atoms. The van der Waals surface area contributed by atoms with Gasteiger partial charge >= 0.3 is 0 Å². The summed E-state index contributed by atoms with van der Waals surface area (Å²) < 4.78 is 7.44. The predicted molar refractivity (Wildman–Crippen MR) is 102 cm³/mol. The van der Waals surface area contributed by atoms with Crippen LogP contribution in [0.1, 0.15) is 51.3 Å². The SMILES string of the molecule is CCCn1ccnc1CN1CCCC2(CCC(=O)N(CCCOC)C2)C1. The molecule has 1 amide bonds. The number of likely N-dealkylation sites (tertiary alicyclic amines) is 2. The number of ether oxygens (including phenoxy) is 1. The lowest BCUT2D eigenvalue weighted by molar-refractivity contribution is -0.139. The highest BCUT2D eigenvalue weighted by atomic mass is 16.5. The summed E-state index contributed by atoms with van der Waals surface area (Å²) in [5.74, 6) is 1.50. The molecule has 0 N–H and O–H groups in total. The predicted octanol–water partition coefficient (Wildman–Crippen LogP) is 2.53. The molecule has 2 fully saturated rings. The van der Waals surface area contributed by atoms with Gasteiger partial charge in [0.1, 0.15) is 5.82 Å². The number of carbonyl (C=O) groups excluding carboxylic acids is 1. The Balaban J connectivity index is 1.61. The van der Waals surface area contributed by atoms with Crippen molar-refractivity contribution in [3.05, 3.63) is 18.2 Å². The summed E-state index contributed by atoms with van der Waals surface area (Å²) in [5, 5.41) is 0. The summed E-state index contributed by atoms with van der Waals surface area (Å²) in [6.45, 7) is 8.85. The quantitative estimate of drug-likeness (QED) is 0.667. The van der Waals surface area contributed by atoms with Crippen LogP contribution in [0.15, 0.2) is 12.4 Å². The molecular formula is C20H34N4O2. The number of rotatable bonds is 8. The molecule has 1 aromatic heterocycles. The van der Waals surface area contributed by atoms with Crippen molar-refractivity contribution in [1.82, 2.24) is 19.4 Å². The molecule has 1 spiro atoms. The normalized spacial score (nSPS) is 24.5. The van der Waals surface area contributed by atoms with Crippen LogP contribution in [-0.4, -0.2) is 65.2 Å². The van der Waals surface area contributed by atoms with E-state index in [0.29, 0.717) is 12.3 Å². The van der Waals surface area contributed by atoms with Crippen molar-refractivity contribution in [3.8, 4) is 0 Å². The number of hydrogen-bond donors (Lipinski definition) is 0. The zero-order chi connectivity index (χ0) is 18.4. The van der Waals surface area contributed by atoms with Crippen molar-refractivity contribution < 1.29 is 9.53 Å². The lowest BCUT2D eigenvalue weighted by atomic mass is 9.73. The van der Waals surface area contributed by atoms with Crippen LogP contribution in [0.3, 0.4) is 0 Å². The van der Waals surface area contributed by atoms with Gasteiger partial charge in [0.15, 0.2) is 0 Å². The molecule has 26 heavy (non-hydrogen) atoms. The summed E-state index contributed by atoms with van der Waals surface area (Å²) in [6.07, 6.45) is 10.3. The fraction of sp³-hybridized carbons (Fsp3) is 0.800. The maximum absolute atomic E-state index is 12.3. The molecule has 0 aromatic carbocycles. The van der Waals surface area contributed by atoms with Gasteiger partial charge in [0, 0.05) is 64.1 Å². The Hall–Kier alpha value is -1.40. The Morgan fingerprint density at radius 2 is 2.15 bits per heavy atom. The maximum Gasteiger partial charge on any atom is 0.222 e. The van der Waals surface area contributed by atoms with E-state index in [-0.39, 0.29) is 5.41 Å². The fourth-order valence-electron chi connectivity index (χ4n) is 4.62. The molecule has 2 saturated heterocycles. The van der Waals surface area contributed by atoms with Crippen LogP contribution in [0.25, 0.3) is 0 Å². The highest BCUT2D eigenvalue weighted by molar-refractivity contribution is 5.77. The number of methoxy groups -OCH3 is 1. The van der Waals surface area contributed by atoms with Gasteiger partial charge in [0.25, 0.3) is 0 Å². The Morgan fingerprint density at radius 3 is 2.96 bits per heavy atom. The topological polar surface area (TPSA) is 50.6 Å². The molecule has 3 rings (SSSR count). The molecule has 0 radical (unpaired) electrons. The van der Waals surface area contributed by atoms with Crippen molar-refractivity contribution in [2.45, 2.75) is 58.5 Å². The van der Waals surface area contributed by atoms with E-state index in [1.54, 1.807) is 7.11 Å². The van der Waals surface area contributed by atoms with E-state index in [9.17, 15) is 4.79 Å². The van der Waals surface area contributed by atoms with Gasteiger partial charge in [-0.3, -0.25) is 9.69 Å². The van der Waals surface area contributed by atoms with Crippen molar-refractivity contribution in [2.24, 2.45) is 5.41 Å². The Bertz CT molecular complexity index is 588. The van der Waals surface area contributed by atoms with E-state index >= 15 is 0 Å².